The maximum Gasteiger partial charge on any atom is 0.339 e. The number of hydrogen-bond acceptors (Lipinski definition) is 5. The van der Waals surface area contributed by atoms with E-state index in [-0.39, 0.29) is 16.9 Å². The Bertz CT molecular complexity index is 1130. The highest BCUT2D eigenvalue weighted by Gasteiger charge is 2.36. The van der Waals surface area contributed by atoms with Gasteiger partial charge in [-0.15, -0.1) is 0 Å². The predicted molar refractivity (Wildman–Crippen MR) is 111 cm³/mol. The quantitative estimate of drug-likeness (QED) is 0.663. The first-order valence-electron chi connectivity index (χ1n) is 9.71. The second-order valence-corrected chi connectivity index (χ2v) is 8.93. The molecule has 0 saturated carbocycles. The zero-order chi connectivity index (χ0) is 19.8. The number of fused-ring (bicyclic) bond motifs is 3. The van der Waals surface area contributed by atoms with Crippen LogP contribution >= 0.6 is 0 Å². The summed E-state index contributed by atoms with van der Waals surface area (Å²) in [6, 6.07) is 21.8. The zero-order valence-electron chi connectivity index (χ0n) is 15.7. The Labute approximate surface area is 170 Å². The van der Waals surface area contributed by atoms with Crippen molar-refractivity contribution in [1.82, 2.24) is 5.32 Å². The van der Waals surface area contributed by atoms with Crippen molar-refractivity contribution in [2.75, 3.05) is 13.1 Å². The van der Waals surface area contributed by atoms with Gasteiger partial charge in [0.25, 0.3) is 0 Å². The van der Waals surface area contributed by atoms with Gasteiger partial charge < -0.3 is 14.2 Å². The number of benzene rings is 3. The highest BCUT2D eigenvalue weighted by atomic mass is 32.2. The van der Waals surface area contributed by atoms with Crippen molar-refractivity contribution in [2.45, 2.75) is 23.3 Å². The van der Waals surface area contributed by atoms with E-state index in [4.69, 9.17) is 8.92 Å². The van der Waals surface area contributed by atoms with Crippen molar-refractivity contribution in [2.24, 2.45) is 0 Å². The van der Waals surface area contributed by atoms with Gasteiger partial charge in [-0.25, -0.2) is 0 Å². The van der Waals surface area contributed by atoms with Gasteiger partial charge in [-0.05, 0) is 54.4 Å². The highest BCUT2D eigenvalue weighted by molar-refractivity contribution is 7.87. The smallest absolute Gasteiger partial charge is 0.339 e. The minimum Gasteiger partial charge on any atom is -0.488 e. The van der Waals surface area contributed by atoms with E-state index in [1.807, 2.05) is 30.3 Å². The monoisotopic (exact) mass is 407 g/mol. The van der Waals surface area contributed by atoms with Crippen LogP contribution in [0.4, 0.5) is 0 Å². The molecule has 6 heteroatoms. The van der Waals surface area contributed by atoms with Crippen molar-refractivity contribution in [3.05, 3.63) is 78.4 Å². The van der Waals surface area contributed by atoms with Gasteiger partial charge in [0.2, 0.25) is 0 Å². The van der Waals surface area contributed by atoms with Crippen LogP contribution in [0.2, 0.25) is 0 Å². The summed E-state index contributed by atoms with van der Waals surface area (Å²) < 4.78 is 36.9. The fourth-order valence-corrected chi connectivity index (χ4v) is 4.99. The van der Waals surface area contributed by atoms with Gasteiger partial charge in [-0.1, -0.05) is 42.5 Å². The summed E-state index contributed by atoms with van der Waals surface area (Å²) in [4.78, 5) is 0.133. The van der Waals surface area contributed by atoms with Crippen molar-refractivity contribution in [3.8, 4) is 22.6 Å². The molecular weight excluding hydrogens is 386 g/mol. The van der Waals surface area contributed by atoms with Crippen LogP contribution in [-0.4, -0.2) is 27.6 Å². The molecule has 0 radical (unpaired) electrons. The molecule has 0 spiro atoms. The topological polar surface area (TPSA) is 64.6 Å². The summed E-state index contributed by atoms with van der Waals surface area (Å²) in [6.45, 7) is 1.74. The molecule has 0 bridgehead atoms. The second-order valence-electron chi connectivity index (χ2n) is 7.38. The Morgan fingerprint density at radius 1 is 0.931 bits per heavy atom. The minimum absolute atomic E-state index is 0.108. The van der Waals surface area contributed by atoms with Gasteiger partial charge >= 0.3 is 10.1 Å². The van der Waals surface area contributed by atoms with E-state index in [9.17, 15) is 8.42 Å². The van der Waals surface area contributed by atoms with Crippen molar-refractivity contribution >= 4 is 10.1 Å². The lowest BCUT2D eigenvalue weighted by Crippen LogP contribution is -2.39. The van der Waals surface area contributed by atoms with E-state index < -0.39 is 10.1 Å². The van der Waals surface area contributed by atoms with E-state index in [0.717, 1.165) is 42.0 Å². The van der Waals surface area contributed by atoms with E-state index in [0.29, 0.717) is 5.75 Å². The number of nitrogens with one attached hydrogen (secondary N) is 1. The lowest BCUT2D eigenvalue weighted by Gasteiger charge is -2.24. The largest absolute Gasteiger partial charge is 0.488 e. The van der Waals surface area contributed by atoms with Gasteiger partial charge in [-0.2, -0.15) is 8.42 Å². The van der Waals surface area contributed by atoms with Gasteiger partial charge in [0.15, 0.2) is 0 Å². The van der Waals surface area contributed by atoms with Crippen LogP contribution in [0.3, 0.4) is 0 Å². The first-order valence-corrected chi connectivity index (χ1v) is 11.1. The summed E-state index contributed by atoms with van der Waals surface area (Å²) in [5, 5.41) is 3.33. The molecular formula is C23H21NO4S. The second kappa shape index (κ2) is 7.21. The lowest BCUT2D eigenvalue weighted by atomic mass is 9.90. The molecule has 1 fully saturated rings. The number of rotatable bonds is 4. The molecule has 1 N–H and O–H groups in total. The number of ether oxygens (including phenoxy) is 1. The number of piperidine rings is 1. The molecule has 0 aliphatic carbocycles. The molecule has 2 aliphatic heterocycles. The highest BCUT2D eigenvalue weighted by Crippen LogP contribution is 2.43. The molecule has 2 atom stereocenters. The third-order valence-electron chi connectivity index (χ3n) is 5.54. The molecule has 5 rings (SSSR count). The Hall–Kier alpha value is -2.83. The summed E-state index contributed by atoms with van der Waals surface area (Å²) in [5.41, 5.74) is 3.02. The molecule has 29 heavy (non-hydrogen) atoms. The average molecular weight is 407 g/mol. The molecule has 148 valence electrons. The zero-order valence-corrected chi connectivity index (χ0v) is 16.6. The maximum absolute atomic E-state index is 12.8. The van der Waals surface area contributed by atoms with Crippen LogP contribution in [0, 0.1) is 0 Å². The molecule has 0 amide bonds. The lowest BCUT2D eigenvalue weighted by molar-refractivity contribution is 0.177. The molecule has 3 aromatic carbocycles. The summed E-state index contributed by atoms with van der Waals surface area (Å²) in [6.07, 6.45) is 1.07. The molecule has 2 heterocycles. The third kappa shape index (κ3) is 3.50. The van der Waals surface area contributed by atoms with Gasteiger partial charge in [0, 0.05) is 18.0 Å². The Kier molecular flexibility index (Phi) is 4.53. The molecule has 5 nitrogen and oxygen atoms in total. The molecule has 0 aromatic heterocycles. The first-order chi connectivity index (χ1) is 14.1. The molecule has 2 unspecified atom stereocenters. The average Bonchev–Trinajstić information content (AvgIpc) is 3.12. The fourth-order valence-electron chi connectivity index (χ4n) is 4.07. The third-order valence-corrected chi connectivity index (χ3v) is 6.80. The van der Waals surface area contributed by atoms with E-state index in [1.165, 1.54) is 0 Å². The predicted octanol–water partition coefficient (Wildman–Crippen LogP) is 3.96. The molecule has 1 saturated heterocycles. The van der Waals surface area contributed by atoms with E-state index >= 15 is 0 Å². The van der Waals surface area contributed by atoms with Crippen molar-refractivity contribution < 1.29 is 17.3 Å². The van der Waals surface area contributed by atoms with Gasteiger partial charge in [-0.3, -0.25) is 0 Å². The number of hydrogen-bond donors (Lipinski definition) is 1. The van der Waals surface area contributed by atoms with Crippen LogP contribution in [-0.2, 0) is 10.1 Å². The molecule has 2 aliphatic rings. The summed E-state index contributed by atoms with van der Waals surface area (Å²) in [7, 11) is -3.91. The molecule has 3 aromatic rings. The Balaban J connectivity index is 1.38. The Morgan fingerprint density at radius 3 is 2.48 bits per heavy atom. The van der Waals surface area contributed by atoms with Crippen LogP contribution in [0.5, 0.6) is 11.5 Å². The standard InChI is InChI=1S/C23H21NO4S/c25-29(26,19-9-6-17(7-10-19)16-4-2-1-3-5-16)28-18-8-11-22-21(14-18)20-12-13-24-15-23(20)27-22/h1-11,14,20,23-24H,12-13,15H2. The van der Waals surface area contributed by atoms with E-state index in [2.05, 4.69) is 5.32 Å². The van der Waals surface area contributed by atoms with Crippen LogP contribution in [0.25, 0.3) is 11.1 Å². The maximum atomic E-state index is 12.8. The first kappa shape index (κ1) is 18.2. The summed E-state index contributed by atoms with van der Waals surface area (Å²) in [5.74, 6) is 1.42. The SMILES string of the molecule is O=S(=O)(Oc1ccc2c(c1)C1CCNCC1O2)c1ccc(-c2ccccc2)cc1. The Morgan fingerprint density at radius 2 is 1.69 bits per heavy atom. The summed E-state index contributed by atoms with van der Waals surface area (Å²) >= 11 is 0. The van der Waals surface area contributed by atoms with Crippen LogP contribution in [0.1, 0.15) is 17.9 Å². The van der Waals surface area contributed by atoms with E-state index in [1.54, 1.807) is 42.5 Å². The minimum atomic E-state index is -3.91. The van der Waals surface area contributed by atoms with Crippen LogP contribution in [0.15, 0.2) is 77.7 Å². The van der Waals surface area contributed by atoms with Crippen molar-refractivity contribution in [1.29, 1.82) is 0 Å². The normalized spacial score (nSPS) is 20.4. The van der Waals surface area contributed by atoms with Gasteiger partial charge in [0.1, 0.15) is 22.5 Å². The van der Waals surface area contributed by atoms with Crippen LogP contribution < -0.4 is 14.2 Å². The van der Waals surface area contributed by atoms with Crippen molar-refractivity contribution in [3.63, 3.8) is 0 Å². The fraction of sp³-hybridized carbons (Fsp3) is 0.217. The van der Waals surface area contributed by atoms with Gasteiger partial charge in [0.05, 0.1) is 0 Å².